The Morgan fingerprint density at radius 3 is 2.36 bits per heavy atom. The van der Waals surface area contributed by atoms with E-state index in [0.29, 0.717) is 12.3 Å². The normalized spacial score (nSPS) is 25.7. The molecule has 13 nitrogen and oxygen atoms in total. The van der Waals surface area contributed by atoms with Crippen molar-refractivity contribution in [3.63, 3.8) is 0 Å². The third-order valence-corrected chi connectivity index (χ3v) is 9.17. The van der Waals surface area contributed by atoms with Gasteiger partial charge in [0.1, 0.15) is 24.7 Å². The monoisotopic (exact) mass is 696 g/mol. The number of benzene rings is 1. The van der Waals surface area contributed by atoms with Gasteiger partial charge in [0.05, 0.1) is 13.0 Å². The minimum atomic E-state index is -1.49. The summed E-state index contributed by atoms with van der Waals surface area (Å²) in [7, 11) is 1.33. The maximum absolute atomic E-state index is 13.7. The molecule has 2 aromatic rings. The van der Waals surface area contributed by atoms with Crippen LogP contribution in [0.4, 0.5) is 4.79 Å². The molecule has 4 rings (SSSR count). The van der Waals surface area contributed by atoms with Crippen molar-refractivity contribution in [3.05, 3.63) is 53.9 Å². The maximum atomic E-state index is 13.7. The molecule has 2 fully saturated rings. The van der Waals surface area contributed by atoms with Crippen molar-refractivity contribution in [2.75, 3.05) is 13.7 Å². The average molecular weight is 697 g/mol. The van der Waals surface area contributed by atoms with Crippen LogP contribution in [0, 0.1) is 29.6 Å². The zero-order valence-corrected chi connectivity index (χ0v) is 29.7. The molecule has 50 heavy (non-hydrogen) atoms. The molecule has 2 aliphatic rings. The molecule has 1 aromatic heterocycles. The number of carbonyl (C=O) groups excluding carboxylic acids is 5. The number of rotatable bonds is 10. The van der Waals surface area contributed by atoms with Crippen molar-refractivity contribution in [2.24, 2.45) is 29.6 Å². The number of carbonyl (C=O) groups is 5. The summed E-state index contributed by atoms with van der Waals surface area (Å²) < 4.78 is 33.6. The lowest BCUT2D eigenvalue weighted by molar-refractivity contribution is -0.176. The second-order valence-corrected chi connectivity index (χ2v) is 13.7. The number of cyclic esters (lactones) is 2. The van der Waals surface area contributed by atoms with Crippen molar-refractivity contribution >= 4 is 30.0 Å². The maximum Gasteiger partial charge on any atom is 0.514 e. The molecular formula is C37H48N2O11. The fraction of sp³-hybridized carbons (Fsp3) is 0.568. The van der Waals surface area contributed by atoms with Crippen LogP contribution in [-0.2, 0) is 39.8 Å². The molecule has 1 aromatic carbocycles. The predicted molar refractivity (Wildman–Crippen MR) is 179 cm³/mol. The molecule has 1 aliphatic heterocycles. The fourth-order valence-electron chi connectivity index (χ4n) is 6.31. The number of aromatic nitrogens is 1. The standard InChI is InChI=1S/C37H48N2O11/c1-20(2)25-14-13-22(5)17-29(25)48-37(44)50-32-28(45-7)15-16-38-30(32)33(40)39-27-19-46-35(42)26(18-24-11-9-8-10-12-24)31(23(6)47-36(27)43)49-34(41)21(3)4/h8-12,15-16,20-23,25-27,29,31H,13-14,17-19H2,1-7H3,(H,39,40). The highest BCUT2D eigenvalue weighted by Crippen LogP contribution is 2.36. The van der Waals surface area contributed by atoms with Gasteiger partial charge in [0.15, 0.2) is 23.6 Å². The highest BCUT2D eigenvalue weighted by Gasteiger charge is 2.42. The lowest BCUT2D eigenvalue weighted by atomic mass is 9.75. The molecule has 1 saturated heterocycles. The van der Waals surface area contributed by atoms with Gasteiger partial charge >= 0.3 is 24.1 Å². The number of hydrogen-bond donors (Lipinski definition) is 1. The Bertz CT molecular complexity index is 1510. The first-order valence-corrected chi connectivity index (χ1v) is 17.1. The van der Waals surface area contributed by atoms with Crippen LogP contribution in [0.5, 0.6) is 11.5 Å². The van der Waals surface area contributed by atoms with Gasteiger partial charge in [-0.3, -0.25) is 14.4 Å². The number of amides is 1. The minimum Gasteiger partial charge on any atom is -0.493 e. The van der Waals surface area contributed by atoms with Gasteiger partial charge in [0.25, 0.3) is 5.91 Å². The summed E-state index contributed by atoms with van der Waals surface area (Å²) in [4.78, 5) is 70.6. The van der Waals surface area contributed by atoms with Crippen LogP contribution >= 0.6 is 0 Å². The fourth-order valence-corrected chi connectivity index (χ4v) is 6.31. The largest absolute Gasteiger partial charge is 0.514 e. The van der Waals surface area contributed by atoms with E-state index in [9.17, 15) is 24.0 Å². The van der Waals surface area contributed by atoms with Gasteiger partial charge < -0.3 is 33.7 Å². The van der Waals surface area contributed by atoms with Gasteiger partial charge in [0, 0.05) is 12.3 Å². The molecule has 2 heterocycles. The Balaban J connectivity index is 1.55. The summed E-state index contributed by atoms with van der Waals surface area (Å²) in [5, 5.41) is 2.49. The van der Waals surface area contributed by atoms with E-state index in [2.05, 4.69) is 31.1 Å². The molecule has 1 aliphatic carbocycles. The van der Waals surface area contributed by atoms with E-state index in [-0.39, 0.29) is 41.6 Å². The summed E-state index contributed by atoms with van der Waals surface area (Å²) in [5.41, 5.74) is 0.395. The van der Waals surface area contributed by atoms with Crippen LogP contribution in [0.2, 0.25) is 0 Å². The second-order valence-electron chi connectivity index (χ2n) is 13.7. The van der Waals surface area contributed by atoms with E-state index in [1.54, 1.807) is 13.8 Å². The molecule has 7 atom stereocenters. The van der Waals surface area contributed by atoms with Crippen molar-refractivity contribution < 1.29 is 52.4 Å². The summed E-state index contributed by atoms with van der Waals surface area (Å²) >= 11 is 0. The van der Waals surface area contributed by atoms with Crippen LogP contribution in [0.25, 0.3) is 0 Å². The van der Waals surface area contributed by atoms with E-state index >= 15 is 0 Å². The van der Waals surface area contributed by atoms with Gasteiger partial charge in [-0.1, -0.05) is 71.4 Å². The highest BCUT2D eigenvalue weighted by molar-refractivity contribution is 5.98. The zero-order chi connectivity index (χ0) is 36.5. The third kappa shape index (κ3) is 9.72. The van der Waals surface area contributed by atoms with Gasteiger partial charge in [0.2, 0.25) is 5.75 Å². The Hall–Kier alpha value is -4.68. The SMILES string of the molecule is COc1ccnc(C(=O)NC2COC(=O)C(Cc3ccccc3)C(OC(=O)C(C)C)C(C)OC2=O)c1OC(=O)OC1CC(C)CCC1C(C)C. The first kappa shape index (κ1) is 38.1. The summed E-state index contributed by atoms with van der Waals surface area (Å²) in [6.07, 6.45) is 0.376. The van der Waals surface area contributed by atoms with E-state index in [1.807, 2.05) is 30.3 Å². The second kappa shape index (κ2) is 17.3. The van der Waals surface area contributed by atoms with Crippen LogP contribution < -0.4 is 14.8 Å². The van der Waals surface area contributed by atoms with Crippen LogP contribution in [0.15, 0.2) is 42.6 Å². The van der Waals surface area contributed by atoms with Gasteiger partial charge in [-0.25, -0.2) is 14.6 Å². The van der Waals surface area contributed by atoms with E-state index < -0.39 is 66.7 Å². The molecule has 1 saturated carbocycles. The van der Waals surface area contributed by atoms with Crippen molar-refractivity contribution in [3.8, 4) is 11.5 Å². The van der Waals surface area contributed by atoms with Gasteiger partial charge in [-0.2, -0.15) is 0 Å². The lowest BCUT2D eigenvalue weighted by Crippen LogP contribution is -2.47. The number of ether oxygens (including phenoxy) is 6. The molecule has 0 radical (unpaired) electrons. The number of nitrogens with one attached hydrogen (secondary N) is 1. The zero-order valence-electron chi connectivity index (χ0n) is 29.7. The van der Waals surface area contributed by atoms with Gasteiger partial charge in [-0.15, -0.1) is 0 Å². The number of pyridine rings is 1. The summed E-state index contributed by atoms with van der Waals surface area (Å²) in [6.45, 7) is 10.5. The van der Waals surface area contributed by atoms with Crippen molar-refractivity contribution in [1.29, 1.82) is 0 Å². The molecule has 272 valence electrons. The number of nitrogens with zero attached hydrogens (tertiary/aromatic N) is 1. The molecular weight excluding hydrogens is 648 g/mol. The topological polar surface area (TPSA) is 166 Å². The number of methoxy groups -OCH3 is 1. The Morgan fingerprint density at radius 2 is 1.70 bits per heavy atom. The molecule has 1 amide bonds. The first-order valence-electron chi connectivity index (χ1n) is 17.1. The van der Waals surface area contributed by atoms with E-state index in [0.717, 1.165) is 18.4 Å². The first-order chi connectivity index (χ1) is 23.8. The van der Waals surface area contributed by atoms with E-state index in [4.69, 9.17) is 28.4 Å². The van der Waals surface area contributed by atoms with Crippen molar-refractivity contribution in [1.82, 2.24) is 10.3 Å². The molecule has 13 heteroatoms. The molecule has 1 N–H and O–H groups in total. The average Bonchev–Trinajstić information content (AvgIpc) is 3.10. The molecule has 0 spiro atoms. The minimum absolute atomic E-state index is 0.0233. The highest BCUT2D eigenvalue weighted by atomic mass is 16.7. The van der Waals surface area contributed by atoms with Crippen LogP contribution in [0.1, 0.15) is 76.9 Å². The molecule has 7 unspecified atom stereocenters. The quantitative estimate of drug-likeness (QED) is 0.259. The van der Waals surface area contributed by atoms with Gasteiger partial charge in [-0.05, 0) is 49.5 Å². The molecule has 0 bridgehead atoms. The number of hydrogen-bond acceptors (Lipinski definition) is 12. The number of esters is 3. The lowest BCUT2D eigenvalue weighted by Gasteiger charge is -2.36. The Labute approximate surface area is 292 Å². The van der Waals surface area contributed by atoms with Crippen molar-refractivity contribution in [2.45, 2.75) is 91.6 Å². The third-order valence-electron chi connectivity index (χ3n) is 9.17. The van der Waals surface area contributed by atoms with E-state index in [1.165, 1.54) is 26.3 Å². The van der Waals surface area contributed by atoms with Crippen LogP contribution in [-0.4, -0.2) is 73.0 Å². The Kier molecular flexibility index (Phi) is 13.2. The summed E-state index contributed by atoms with van der Waals surface area (Å²) in [5.74, 6) is -4.24. The summed E-state index contributed by atoms with van der Waals surface area (Å²) in [6, 6.07) is 8.99. The Morgan fingerprint density at radius 1 is 0.980 bits per heavy atom. The van der Waals surface area contributed by atoms with Crippen LogP contribution in [0.3, 0.4) is 0 Å². The predicted octanol–water partition coefficient (Wildman–Crippen LogP) is 5.08. The smallest absolute Gasteiger partial charge is 0.493 e.